The Morgan fingerprint density at radius 2 is 2.00 bits per heavy atom. The summed E-state index contributed by atoms with van der Waals surface area (Å²) in [6.45, 7) is 6.78. The first-order valence-electron chi connectivity index (χ1n) is 12.3. The topological polar surface area (TPSA) is 72.9 Å². The summed E-state index contributed by atoms with van der Waals surface area (Å²) in [6.07, 6.45) is 4.57. The number of unbranched alkanes of at least 4 members (excludes halogenated alkanes) is 1. The van der Waals surface area contributed by atoms with E-state index < -0.39 is 16.8 Å². The maximum atomic E-state index is 14.3. The summed E-state index contributed by atoms with van der Waals surface area (Å²) in [7, 11) is -1.28. The van der Waals surface area contributed by atoms with Crippen molar-refractivity contribution in [2.45, 2.75) is 49.7 Å². The number of halogens is 1. The van der Waals surface area contributed by atoms with Gasteiger partial charge in [-0.15, -0.1) is 0 Å². The van der Waals surface area contributed by atoms with E-state index in [1.807, 2.05) is 6.07 Å². The highest BCUT2D eigenvalue weighted by atomic mass is 32.2. The number of nitrogens with zero attached hydrogens (tertiary/aromatic N) is 1. The third-order valence-corrected chi connectivity index (χ3v) is 7.84. The van der Waals surface area contributed by atoms with E-state index in [9.17, 15) is 18.2 Å². The summed E-state index contributed by atoms with van der Waals surface area (Å²) < 4.78 is 38.1. The maximum Gasteiger partial charge on any atom is 0.338 e. The second-order valence-electron chi connectivity index (χ2n) is 8.79. The highest BCUT2D eigenvalue weighted by Gasteiger charge is 2.39. The molecule has 1 heterocycles. The van der Waals surface area contributed by atoms with E-state index in [4.69, 9.17) is 9.47 Å². The Bertz CT molecular complexity index is 1060. The number of rotatable bonds is 15. The fourth-order valence-corrected chi connectivity index (χ4v) is 5.67. The van der Waals surface area contributed by atoms with Crippen LogP contribution in [0.15, 0.2) is 61.2 Å². The van der Waals surface area contributed by atoms with E-state index in [-0.39, 0.29) is 41.8 Å². The van der Waals surface area contributed by atoms with Crippen molar-refractivity contribution in [1.82, 2.24) is 4.90 Å². The minimum absolute atomic E-state index is 0.0415. The first-order chi connectivity index (χ1) is 17.4. The number of benzene rings is 2. The highest BCUT2D eigenvalue weighted by molar-refractivity contribution is 7.84. The Balaban J connectivity index is 1.48. The van der Waals surface area contributed by atoms with Crippen LogP contribution in [0.5, 0.6) is 0 Å². The van der Waals surface area contributed by atoms with Gasteiger partial charge in [-0.05, 0) is 35.7 Å². The molecule has 2 aromatic rings. The molecule has 194 valence electrons. The molecule has 0 N–H and O–H groups in total. The predicted octanol–water partition coefficient (Wildman–Crippen LogP) is 4.97. The van der Waals surface area contributed by atoms with E-state index in [0.29, 0.717) is 30.9 Å². The van der Waals surface area contributed by atoms with Crippen LogP contribution in [0.3, 0.4) is 0 Å². The molecule has 0 saturated carbocycles. The SMILES string of the molecule is C=CCOC(=O)c1ccc(C[S@@](=O)[C@H]2CC(=O)N2CCOC[C@H](CCCC)c2ccccc2F)cc1. The number of likely N-dealkylation sites (tertiary alicyclic amines) is 1. The van der Waals surface area contributed by atoms with Gasteiger partial charge in [0.15, 0.2) is 0 Å². The van der Waals surface area contributed by atoms with Crippen molar-refractivity contribution in [1.29, 1.82) is 0 Å². The monoisotopic (exact) mass is 515 g/mol. The Morgan fingerprint density at radius 1 is 1.25 bits per heavy atom. The molecule has 1 amide bonds. The van der Waals surface area contributed by atoms with Crippen molar-refractivity contribution in [3.8, 4) is 0 Å². The number of ether oxygens (including phenoxy) is 2. The van der Waals surface area contributed by atoms with Gasteiger partial charge in [0.2, 0.25) is 5.91 Å². The van der Waals surface area contributed by atoms with Crippen LogP contribution < -0.4 is 0 Å². The number of β-lactam (4-membered cyclic amide) rings is 1. The summed E-state index contributed by atoms with van der Waals surface area (Å²) in [5, 5.41) is -0.360. The van der Waals surface area contributed by atoms with Crippen molar-refractivity contribution < 1.29 is 27.7 Å². The van der Waals surface area contributed by atoms with Crippen molar-refractivity contribution in [2.24, 2.45) is 0 Å². The van der Waals surface area contributed by atoms with Gasteiger partial charge >= 0.3 is 5.97 Å². The summed E-state index contributed by atoms with van der Waals surface area (Å²) in [6, 6.07) is 13.5. The van der Waals surface area contributed by atoms with E-state index >= 15 is 0 Å². The molecule has 0 spiro atoms. The molecule has 3 rings (SSSR count). The summed E-state index contributed by atoms with van der Waals surface area (Å²) in [5.74, 6) is -0.472. The fourth-order valence-electron chi connectivity index (χ4n) is 4.12. The van der Waals surface area contributed by atoms with Crippen LogP contribution in [-0.2, 0) is 30.8 Å². The number of carbonyl (C=O) groups is 2. The molecule has 1 saturated heterocycles. The van der Waals surface area contributed by atoms with Gasteiger partial charge in [-0.2, -0.15) is 0 Å². The Hall–Kier alpha value is -2.84. The minimum Gasteiger partial charge on any atom is -0.458 e. The molecule has 0 radical (unpaired) electrons. The van der Waals surface area contributed by atoms with Gasteiger partial charge in [0.25, 0.3) is 0 Å². The molecule has 1 aliphatic heterocycles. The second-order valence-corrected chi connectivity index (χ2v) is 10.4. The lowest BCUT2D eigenvalue weighted by Gasteiger charge is -2.39. The van der Waals surface area contributed by atoms with Crippen LogP contribution in [-0.4, -0.2) is 52.7 Å². The average Bonchev–Trinajstić information content (AvgIpc) is 2.88. The molecule has 3 atom stereocenters. The standard InChI is InChI=1S/C28H34FNO5S/c1-3-5-8-23(24-9-6-7-10-25(24)29)19-34-17-15-30-26(31)18-27(30)36(33)20-21-11-13-22(14-12-21)28(32)35-16-4-2/h4,6-7,9-14,23,27H,2-3,5,8,15-20H2,1H3/t23-,27-,36+/m0/s1. The molecule has 8 heteroatoms. The third kappa shape index (κ3) is 7.58. The van der Waals surface area contributed by atoms with Gasteiger partial charge in [0.05, 0.1) is 31.0 Å². The predicted molar refractivity (Wildman–Crippen MR) is 138 cm³/mol. The zero-order valence-electron chi connectivity index (χ0n) is 20.7. The first-order valence-corrected chi connectivity index (χ1v) is 13.7. The Labute approximate surface area is 214 Å². The highest BCUT2D eigenvalue weighted by Crippen LogP contribution is 2.26. The zero-order valence-corrected chi connectivity index (χ0v) is 21.5. The van der Waals surface area contributed by atoms with E-state index in [2.05, 4.69) is 13.5 Å². The van der Waals surface area contributed by atoms with Gasteiger partial charge in [0.1, 0.15) is 17.8 Å². The smallest absolute Gasteiger partial charge is 0.338 e. The lowest BCUT2D eigenvalue weighted by atomic mass is 9.94. The zero-order chi connectivity index (χ0) is 25.9. The summed E-state index contributed by atoms with van der Waals surface area (Å²) >= 11 is 0. The van der Waals surface area contributed by atoms with E-state index in [0.717, 1.165) is 24.8 Å². The largest absolute Gasteiger partial charge is 0.458 e. The molecular formula is C28H34FNO5S. The van der Waals surface area contributed by atoms with Gasteiger partial charge < -0.3 is 14.4 Å². The summed E-state index contributed by atoms with van der Waals surface area (Å²) in [4.78, 5) is 25.7. The van der Waals surface area contributed by atoms with Crippen molar-refractivity contribution in [2.75, 3.05) is 26.4 Å². The summed E-state index contributed by atoms with van der Waals surface area (Å²) in [5.41, 5.74) is 1.88. The van der Waals surface area contributed by atoms with Crippen molar-refractivity contribution >= 4 is 22.7 Å². The molecular weight excluding hydrogens is 481 g/mol. The van der Waals surface area contributed by atoms with Crippen LogP contribution in [0, 0.1) is 5.82 Å². The van der Waals surface area contributed by atoms with Crippen LogP contribution in [0.4, 0.5) is 4.39 Å². The molecule has 1 fully saturated rings. The van der Waals surface area contributed by atoms with E-state index in [1.54, 1.807) is 41.3 Å². The molecule has 0 aromatic heterocycles. The molecule has 36 heavy (non-hydrogen) atoms. The normalized spacial score (nSPS) is 16.8. The fraction of sp³-hybridized carbons (Fsp3) is 0.429. The quantitative estimate of drug-likeness (QED) is 0.145. The van der Waals surface area contributed by atoms with Crippen molar-refractivity contribution in [3.63, 3.8) is 0 Å². The van der Waals surface area contributed by atoms with Crippen LogP contribution in [0.1, 0.15) is 60.0 Å². The maximum absolute atomic E-state index is 14.3. The number of hydrogen-bond donors (Lipinski definition) is 0. The second kappa shape index (κ2) is 14.0. The lowest BCUT2D eigenvalue weighted by molar-refractivity contribution is -0.142. The Morgan fingerprint density at radius 3 is 2.67 bits per heavy atom. The van der Waals surface area contributed by atoms with Gasteiger partial charge in [-0.1, -0.05) is 62.8 Å². The number of amides is 1. The number of esters is 1. The molecule has 6 nitrogen and oxygen atoms in total. The third-order valence-electron chi connectivity index (χ3n) is 6.20. The minimum atomic E-state index is -1.28. The lowest BCUT2D eigenvalue weighted by Crippen LogP contribution is -2.55. The van der Waals surface area contributed by atoms with Crippen molar-refractivity contribution in [3.05, 3.63) is 83.7 Å². The van der Waals surface area contributed by atoms with Crippen LogP contribution >= 0.6 is 0 Å². The number of carbonyl (C=O) groups excluding carboxylic acids is 2. The average molecular weight is 516 g/mol. The molecule has 0 aliphatic carbocycles. The van der Waals surface area contributed by atoms with Gasteiger partial charge in [-0.25, -0.2) is 9.18 Å². The van der Waals surface area contributed by atoms with Crippen LogP contribution in [0.2, 0.25) is 0 Å². The molecule has 0 unspecified atom stereocenters. The van der Waals surface area contributed by atoms with Crippen LogP contribution in [0.25, 0.3) is 0 Å². The van der Waals surface area contributed by atoms with Gasteiger partial charge in [0, 0.05) is 23.3 Å². The molecule has 0 bridgehead atoms. The molecule has 2 aromatic carbocycles. The first kappa shape index (κ1) is 27.7. The Kier molecular flexibility index (Phi) is 10.8. The van der Waals surface area contributed by atoms with Gasteiger partial charge in [-0.3, -0.25) is 9.00 Å². The molecule has 1 aliphatic rings. The van der Waals surface area contributed by atoms with E-state index in [1.165, 1.54) is 12.1 Å². The number of hydrogen-bond acceptors (Lipinski definition) is 5.